The minimum absolute atomic E-state index is 0.00807. The van der Waals surface area contributed by atoms with Crippen LogP contribution in [0.25, 0.3) is 0 Å². The average molecular weight is 438 g/mol. The Bertz CT molecular complexity index is 982. The van der Waals surface area contributed by atoms with Gasteiger partial charge in [0.25, 0.3) is 0 Å². The Hall–Kier alpha value is -1.91. The molecule has 9 heteroatoms. The first-order valence-corrected chi connectivity index (χ1v) is 11.4. The van der Waals surface area contributed by atoms with Gasteiger partial charge in [0.2, 0.25) is 10.0 Å². The fraction of sp³-hybridized carbons (Fsp3) is 0.429. The highest BCUT2D eigenvalue weighted by atomic mass is 32.2. The van der Waals surface area contributed by atoms with Crippen LogP contribution in [0.4, 0.5) is 8.78 Å². The second kappa shape index (κ2) is 8.68. The fourth-order valence-electron chi connectivity index (χ4n) is 4.17. The first-order chi connectivity index (χ1) is 14.4. The summed E-state index contributed by atoms with van der Waals surface area (Å²) in [5.41, 5.74) is 1.17. The van der Waals surface area contributed by atoms with Crippen LogP contribution < -0.4 is 0 Å². The molecule has 2 aromatic rings. The van der Waals surface area contributed by atoms with Gasteiger partial charge in [-0.3, -0.25) is 9.74 Å². The maximum Gasteiger partial charge on any atom is 0.221 e. The van der Waals surface area contributed by atoms with Crippen molar-refractivity contribution in [1.29, 1.82) is 0 Å². The predicted molar refractivity (Wildman–Crippen MR) is 109 cm³/mol. The van der Waals surface area contributed by atoms with Crippen LogP contribution in [0, 0.1) is 11.6 Å². The molecular weight excluding hydrogens is 412 g/mol. The van der Waals surface area contributed by atoms with E-state index in [4.69, 9.17) is 4.84 Å². The summed E-state index contributed by atoms with van der Waals surface area (Å²) in [4.78, 5) is 7.64. The lowest BCUT2D eigenvalue weighted by Crippen LogP contribution is -2.52. The molecule has 30 heavy (non-hydrogen) atoms. The number of hydrogen-bond acceptors (Lipinski definition) is 5. The molecule has 0 spiro atoms. The molecule has 0 N–H and O–H groups in total. The highest BCUT2D eigenvalue weighted by Gasteiger charge is 2.47. The third kappa shape index (κ3) is 4.13. The van der Waals surface area contributed by atoms with Gasteiger partial charge in [-0.1, -0.05) is 42.5 Å². The number of hydrogen-bond donors (Lipinski definition) is 0. The SMILES string of the molecule is CN1OC[C@H](S(=O)(=O)N2CCN(Cc3ccccc3)CC2)[C@@H]1c1cccc(F)c1F. The van der Waals surface area contributed by atoms with E-state index in [2.05, 4.69) is 4.90 Å². The van der Waals surface area contributed by atoms with Crippen molar-refractivity contribution in [1.82, 2.24) is 14.3 Å². The van der Waals surface area contributed by atoms with Crippen molar-refractivity contribution in [2.24, 2.45) is 0 Å². The van der Waals surface area contributed by atoms with Gasteiger partial charge in [0.1, 0.15) is 5.25 Å². The van der Waals surface area contributed by atoms with E-state index in [1.54, 1.807) is 7.05 Å². The second-order valence-electron chi connectivity index (χ2n) is 7.67. The van der Waals surface area contributed by atoms with Crippen molar-refractivity contribution in [2.75, 3.05) is 39.8 Å². The number of halogens is 2. The molecule has 0 unspecified atom stereocenters. The lowest BCUT2D eigenvalue weighted by Gasteiger charge is -2.36. The Morgan fingerprint density at radius 3 is 2.40 bits per heavy atom. The highest BCUT2D eigenvalue weighted by molar-refractivity contribution is 7.89. The molecule has 0 saturated carbocycles. The molecule has 2 aromatic carbocycles. The topological polar surface area (TPSA) is 53.1 Å². The molecule has 2 atom stereocenters. The van der Waals surface area contributed by atoms with E-state index in [-0.39, 0.29) is 12.2 Å². The van der Waals surface area contributed by atoms with Crippen LogP contribution in [-0.2, 0) is 21.4 Å². The van der Waals surface area contributed by atoms with Gasteiger partial charge < -0.3 is 0 Å². The van der Waals surface area contributed by atoms with Crippen LogP contribution in [0.15, 0.2) is 48.5 Å². The van der Waals surface area contributed by atoms with Crippen LogP contribution in [-0.4, -0.2) is 67.8 Å². The van der Waals surface area contributed by atoms with Crippen molar-refractivity contribution in [3.63, 3.8) is 0 Å². The summed E-state index contributed by atoms with van der Waals surface area (Å²) in [6, 6.07) is 12.9. The van der Waals surface area contributed by atoms with Gasteiger partial charge in [0.15, 0.2) is 11.6 Å². The van der Waals surface area contributed by atoms with E-state index < -0.39 is 32.9 Å². The number of piperazine rings is 1. The molecule has 2 heterocycles. The zero-order valence-corrected chi connectivity index (χ0v) is 17.6. The minimum atomic E-state index is -3.77. The van der Waals surface area contributed by atoms with Crippen molar-refractivity contribution in [2.45, 2.75) is 17.8 Å². The van der Waals surface area contributed by atoms with Gasteiger partial charge in [-0.15, -0.1) is 0 Å². The predicted octanol–water partition coefficient (Wildman–Crippen LogP) is 2.40. The normalized spacial score (nSPS) is 24.4. The lowest BCUT2D eigenvalue weighted by molar-refractivity contribution is -0.111. The quantitative estimate of drug-likeness (QED) is 0.719. The molecule has 6 nitrogen and oxygen atoms in total. The molecule has 162 valence electrons. The average Bonchev–Trinajstić information content (AvgIpc) is 3.13. The summed E-state index contributed by atoms with van der Waals surface area (Å²) in [6.45, 7) is 2.60. The molecular formula is C21H25F2N3O3S. The lowest BCUT2D eigenvalue weighted by atomic mass is 10.0. The zero-order chi connectivity index (χ0) is 21.3. The van der Waals surface area contributed by atoms with Crippen LogP contribution >= 0.6 is 0 Å². The van der Waals surface area contributed by atoms with E-state index in [9.17, 15) is 17.2 Å². The van der Waals surface area contributed by atoms with Crippen molar-refractivity contribution in [3.05, 3.63) is 71.3 Å². The van der Waals surface area contributed by atoms with Crippen LogP contribution in [0.2, 0.25) is 0 Å². The molecule has 0 bridgehead atoms. The molecule has 0 aromatic heterocycles. The summed E-state index contributed by atoms with van der Waals surface area (Å²) in [7, 11) is -2.22. The summed E-state index contributed by atoms with van der Waals surface area (Å²) < 4.78 is 56.4. The van der Waals surface area contributed by atoms with E-state index in [1.807, 2.05) is 30.3 Å². The maximum absolute atomic E-state index is 14.4. The first-order valence-electron chi connectivity index (χ1n) is 9.93. The standard InChI is InChI=1S/C21H25F2N3O3S/c1-24-21(17-8-5-9-18(22)20(17)23)19(15-29-24)30(27,28)26-12-10-25(11-13-26)14-16-6-3-2-4-7-16/h2-9,19,21H,10-15H2,1H3/t19-,21-/m0/s1. The Kier molecular flexibility index (Phi) is 6.17. The van der Waals surface area contributed by atoms with Crippen molar-refractivity contribution >= 4 is 10.0 Å². The molecule has 2 aliphatic rings. The van der Waals surface area contributed by atoms with Gasteiger partial charge in [0.05, 0.1) is 12.6 Å². The van der Waals surface area contributed by atoms with E-state index in [0.717, 1.165) is 12.6 Å². The van der Waals surface area contributed by atoms with Gasteiger partial charge in [-0.2, -0.15) is 9.37 Å². The van der Waals surface area contributed by atoms with Gasteiger partial charge >= 0.3 is 0 Å². The molecule has 2 fully saturated rings. The molecule has 0 aliphatic carbocycles. The third-order valence-corrected chi connectivity index (χ3v) is 8.05. The van der Waals surface area contributed by atoms with Gasteiger partial charge in [0, 0.05) is 45.3 Å². The summed E-state index contributed by atoms with van der Waals surface area (Å²) in [5.74, 6) is -2.04. The molecule has 2 saturated heterocycles. The van der Waals surface area contributed by atoms with Crippen molar-refractivity contribution in [3.8, 4) is 0 Å². The van der Waals surface area contributed by atoms with Crippen molar-refractivity contribution < 1.29 is 22.0 Å². The highest BCUT2D eigenvalue weighted by Crippen LogP contribution is 2.36. The maximum atomic E-state index is 14.4. The number of hydroxylamine groups is 2. The number of sulfonamides is 1. The third-order valence-electron chi connectivity index (χ3n) is 5.81. The second-order valence-corrected chi connectivity index (χ2v) is 9.83. The largest absolute Gasteiger partial charge is 0.297 e. The summed E-state index contributed by atoms with van der Waals surface area (Å²) >= 11 is 0. The van der Waals surface area contributed by atoms with E-state index >= 15 is 0 Å². The summed E-state index contributed by atoms with van der Waals surface area (Å²) in [6.07, 6.45) is 0. The fourth-order valence-corrected chi connectivity index (χ4v) is 6.10. The smallest absolute Gasteiger partial charge is 0.221 e. The Morgan fingerprint density at radius 1 is 1.00 bits per heavy atom. The molecule has 4 rings (SSSR count). The van der Waals surface area contributed by atoms with Crippen LogP contribution in [0.1, 0.15) is 17.2 Å². The Morgan fingerprint density at radius 2 is 1.70 bits per heavy atom. The summed E-state index contributed by atoms with van der Waals surface area (Å²) in [5, 5.41) is 0.311. The van der Waals surface area contributed by atoms with Crippen LogP contribution in [0.5, 0.6) is 0 Å². The Labute approximate surface area is 175 Å². The van der Waals surface area contributed by atoms with E-state index in [1.165, 1.54) is 27.1 Å². The number of rotatable bonds is 5. The van der Waals surface area contributed by atoms with Crippen LogP contribution in [0.3, 0.4) is 0 Å². The molecule has 0 radical (unpaired) electrons. The number of nitrogens with zero attached hydrogens (tertiary/aromatic N) is 3. The first kappa shape index (κ1) is 21.3. The van der Waals surface area contributed by atoms with Gasteiger partial charge in [-0.25, -0.2) is 17.2 Å². The minimum Gasteiger partial charge on any atom is -0.297 e. The number of benzene rings is 2. The monoisotopic (exact) mass is 437 g/mol. The zero-order valence-electron chi connectivity index (χ0n) is 16.7. The molecule has 2 aliphatic heterocycles. The van der Waals surface area contributed by atoms with E-state index in [0.29, 0.717) is 26.2 Å². The molecule has 0 amide bonds. The van der Waals surface area contributed by atoms with Gasteiger partial charge in [-0.05, 0) is 11.6 Å². The Balaban J connectivity index is 1.48.